The maximum atomic E-state index is 9.43. The fraction of sp³-hybridized carbons (Fsp3) is 1.00. The van der Waals surface area contributed by atoms with Crippen molar-refractivity contribution < 1.29 is 9.84 Å². The minimum absolute atomic E-state index is 0.373. The molecule has 2 N–H and O–H groups in total. The van der Waals surface area contributed by atoms with Crippen molar-refractivity contribution in [2.24, 2.45) is 11.8 Å². The number of aliphatic hydroxyl groups is 1. The van der Waals surface area contributed by atoms with Gasteiger partial charge in [0.2, 0.25) is 0 Å². The van der Waals surface area contributed by atoms with Gasteiger partial charge in [0.1, 0.15) is 0 Å². The molecule has 4 atom stereocenters. The Labute approximate surface area is 111 Å². The molecule has 1 saturated heterocycles. The maximum absolute atomic E-state index is 9.43. The molecule has 3 heteroatoms. The predicted molar refractivity (Wildman–Crippen MR) is 73.6 cm³/mol. The van der Waals surface area contributed by atoms with E-state index in [1.807, 2.05) is 0 Å². The molecule has 1 aliphatic carbocycles. The van der Waals surface area contributed by atoms with Crippen LogP contribution in [0.2, 0.25) is 0 Å². The normalized spacial score (nSPS) is 37.7. The molecule has 106 valence electrons. The lowest BCUT2D eigenvalue weighted by Crippen LogP contribution is -2.42. The highest BCUT2D eigenvalue weighted by Crippen LogP contribution is 2.29. The zero-order chi connectivity index (χ0) is 12.8. The van der Waals surface area contributed by atoms with E-state index < -0.39 is 0 Å². The Morgan fingerprint density at radius 1 is 1.17 bits per heavy atom. The molecular weight excluding hydrogens is 226 g/mol. The van der Waals surface area contributed by atoms with E-state index in [0.29, 0.717) is 30.6 Å². The van der Waals surface area contributed by atoms with Crippen molar-refractivity contribution in [2.75, 3.05) is 19.8 Å². The SMILES string of the molecule is CCC1CC(NCC2CCCCC2CO)CCO1. The molecule has 3 nitrogen and oxygen atoms in total. The van der Waals surface area contributed by atoms with Gasteiger partial charge in [-0.1, -0.05) is 19.8 Å². The lowest BCUT2D eigenvalue weighted by molar-refractivity contribution is -0.00180. The van der Waals surface area contributed by atoms with Crippen LogP contribution in [0.1, 0.15) is 51.9 Å². The summed E-state index contributed by atoms with van der Waals surface area (Å²) in [6, 6.07) is 0.630. The van der Waals surface area contributed by atoms with Gasteiger partial charge in [-0.05, 0) is 50.5 Å². The molecule has 0 radical (unpaired) electrons. The molecule has 18 heavy (non-hydrogen) atoms. The molecule has 1 aliphatic heterocycles. The van der Waals surface area contributed by atoms with Gasteiger partial charge in [0.25, 0.3) is 0 Å². The van der Waals surface area contributed by atoms with Crippen molar-refractivity contribution in [3.8, 4) is 0 Å². The smallest absolute Gasteiger partial charge is 0.0587 e. The summed E-state index contributed by atoms with van der Waals surface area (Å²) in [4.78, 5) is 0. The Kier molecular flexibility index (Phi) is 5.93. The Hall–Kier alpha value is -0.120. The summed E-state index contributed by atoms with van der Waals surface area (Å²) in [5, 5.41) is 13.2. The summed E-state index contributed by atoms with van der Waals surface area (Å²) in [6.45, 7) is 4.57. The predicted octanol–water partition coefficient (Wildman–Crippen LogP) is 2.33. The Balaban J connectivity index is 1.72. The van der Waals surface area contributed by atoms with Crippen molar-refractivity contribution in [3.63, 3.8) is 0 Å². The van der Waals surface area contributed by atoms with Crippen LogP contribution in [0, 0.1) is 11.8 Å². The molecule has 0 aromatic carbocycles. The highest BCUT2D eigenvalue weighted by atomic mass is 16.5. The van der Waals surface area contributed by atoms with Gasteiger partial charge in [0, 0.05) is 19.3 Å². The van der Waals surface area contributed by atoms with Crippen LogP contribution in [0.3, 0.4) is 0 Å². The van der Waals surface area contributed by atoms with E-state index in [4.69, 9.17) is 4.74 Å². The summed E-state index contributed by atoms with van der Waals surface area (Å²) in [5.74, 6) is 1.22. The number of hydrogen-bond acceptors (Lipinski definition) is 3. The molecule has 0 spiro atoms. The molecule has 0 amide bonds. The van der Waals surface area contributed by atoms with Gasteiger partial charge in [-0.15, -0.1) is 0 Å². The molecule has 2 aliphatic rings. The van der Waals surface area contributed by atoms with E-state index in [-0.39, 0.29) is 0 Å². The quantitative estimate of drug-likeness (QED) is 0.792. The van der Waals surface area contributed by atoms with E-state index in [9.17, 15) is 5.11 Å². The van der Waals surface area contributed by atoms with Crippen LogP contribution >= 0.6 is 0 Å². The van der Waals surface area contributed by atoms with E-state index in [2.05, 4.69) is 12.2 Å². The van der Waals surface area contributed by atoms with Gasteiger partial charge in [-0.2, -0.15) is 0 Å². The lowest BCUT2D eigenvalue weighted by atomic mass is 9.79. The fourth-order valence-electron chi connectivity index (χ4n) is 3.46. The molecule has 0 bridgehead atoms. The highest BCUT2D eigenvalue weighted by molar-refractivity contribution is 4.81. The first-order chi connectivity index (χ1) is 8.83. The van der Waals surface area contributed by atoms with Crippen molar-refractivity contribution in [1.82, 2.24) is 5.32 Å². The minimum Gasteiger partial charge on any atom is -0.396 e. The van der Waals surface area contributed by atoms with E-state index in [0.717, 1.165) is 32.4 Å². The third kappa shape index (κ3) is 3.94. The van der Waals surface area contributed by atoms with Gasteiger partial charge in [0.15, 0.2) is 0 Å². The van der Waals surface area contributed by atoms with Gasteiger partial charge in [-0.25, -0.2) is 0 Å². The maximum Gasteiger partial charge on any atom is 0.0587 e. The fourth-order valence-corrected chi connectivity index (χ4v) is 3.46. The van der Waals surface area contributed by atoms with Crippen LogP contribution in [-0.4, -0.2) is 37.0 Å². The molecule has 0 aromatic rings. The van der Waals surface area contributed by atoms with Crippen LogP contribution in [0.5, 0.6) is 0 Å². The number of hydrogen-bond donors (Lipinski definition) is 2. The van der Waals surface area contributed by atoms with E-state index in [1.54, 1.807) is 0 Å². The second kappa shape index (κ2) is 7.46. The second-order valence-electron chi connectivity index (χ2n) is 6.02. The number of aliphatic hydroxyl groups excluding tert-OH is 1. The first-order valence-electron chi connectivity index (χ1n) is 7.79. The summed E-state index contributed by atoms with van der Waals surface area (Å²) in [6.07, 6.45) is 9.04. The standard InChI is InChI=1S/C15H29NO2/c1-2-15-9-14(7-8-18-15)16-10-12-5-3-4-6-13(12)11-17/h12-17H,2-11H2,1H3. The average Bonchev–Trinajstić information content (AvgIpc) is 2.45. The molecule has 4 unspecified atom stereocenters. The minimum atomic E-state index is 0.373. The van der Waals surface area contributed by atoms with Gasteiger partial charge in [0.05, 0.1) is 6.10 Å². The van der Waals surface area contributed by atoms with Gasteiger partial charge >= 0.3 is 0 Å². The van der Waals surface area contributed by atoms with Gasteiger partial charge in [-0.3, -0.25) is 0 Å². The highest BCUT2D eigenvalue weighted by Gasteiger charge is 2.26. The van der Waals surface area contributed by atoms with Crippen LogP contribution in [-0.2, 0) is 4.74 Å². The van der Waals surface area contributed by atoms with E-state index >= 15 is 0 Å². The first-order valence-corrected chi connectivity index (χ1v) is 7.79. The van der Waals surface area contributed by atoms with Crippen molar-refractivity contribution in [3.05, 3.63) is 0 Å². The van der Waals surface area contributed by atoms with Crippen LogP contribution < -0.4 is 5.32 Å². The first kappa shape index (κ1) is 14.3. The summed E-state index contributed by atoms with van der Waals surface area (Å²) >= 11 is 0. The molecule has 1 heterocycles. The zero-order valence-corrected chi connectivity index (χ0v) is 11.7. The molecular formula is C15H29NO2. The summed E-state index contributed by atoms with van der Waals surface area (Å²) in [5.41, 5.74) is 0. The molecule has 0 aromatic heterocycles. The van der Waals surface area contributed by atoms with Crippen LogP contribution in [0.25, 0.3) is 0 Å². The Morgan fingerprint density at radius 3 is 2.67 bits per heavy atom. The monoisotopic (exact) mass is 255 g/mol. The molecule has 2 rings (SSSR count). The van der Waals surface area contributed by atoms with Gasteiger partial charge < -0.3 is 15.2 Å². The van der Waals surface area contributed by atoms with Crippen LogP contribution in [0.15, 0.2) is 0 Å². The Morgan fingerprint density at radius 2 is 1.94 bits per heavy atom. The lowest BCUT2D eigenvalue weighted by Gasteiger charge is -2.34. The topological polar surface area (TPSA) is 41.5 Å². The average molecular weight is 255 g/mol. The van der Waals surface area contributed by atoms with E-state index in [1.165, 1.54) is 25.7 Å². The molecule has 2 fully saturated rings. The number of ether oxygens (including phenoxy) is 1. The van der Waals surface area contributed by atoms with Crippen molar-refractivity contribution >= 4 is 0 Å². The number of nitrogens with one attached hydrogen (secondary N) is 1. The summed E-state index contributed by atoms with van der Waals surface area (Å²) < 4.78 is 5.71. The van der Waals surface area contributed by atoms with Crippen molar-refractivity contribution in [2.45, 2.75) is 64.0 Å². The largest absolute Gasteiger partial charge is 0.396 e. The van der Waals surface area contributed by atoms with Crippen molar-refractivity contribution in [1.29, 1.82) is 0 Å². The summed E-state index contributed by atoms with van der Waals surface area (Å²) in [7, 11) is 0. The Bertz CT molecular complexity index is 235. The molecule has 1 saturated carbocycles. The zero-order valence-electron chi connectivity index (χ0n) is 11.7. The second-order valence-corrected chi connectivity index (χ2v) is 6.02. The third-order valence-corrected chi connectivity index (χ3v) is 4.79. The third-order valence-electron chi connectivity index (χ3n) is 4.79. The van der Waals surface area contributed by atoms with Crippen LogP contribution in [0.4, 0.5) is 0 Å². The number of rotatable bonds is 5.